The number of halogens is 2. The first-order valence-corrected chi connectivity index (χ1v) is 9.53. The van der Waals surface area contributed by atoms with E-state index in [1.165, 1.54) is 0 Å². The highest BCUT2D eigenvalue weighted by Crippen LogP contribution is 2.15. The van der Waals surface area contributed by atoms with Crippen molar-refractivity contribution in [1.82, 2.24) is 0 Å². The van der Waals surface area contributed by atoms with Gasteiger partial charge in [0.2, 0.25) is 0 Å². The standard InChI is InChI=1S/C21H26ClNO3.ClH/c1-16(21(25)18-6-3-2-4-7-18)23-14-12-20(24)17-8-10-19(11-9-17)26-15-5-13-22;/h2-4,6-11,16,21,23,25H,5,12-15H2,1H3;1H. The van der Waals surface area contributed by atoms with E-state index in [1.807, 2.05) is 54.7 Å². The maximum Gasteiger partial charge on any atom is 0.168 e. The van der Waals surface area contributed by atoms with Gasteiger partial charge < -0.3 is 27.6 Å². The second-order valence-electron chi connectivity index (χ2n) is 6.33. The molecule has 0 fully saturated rings. The molecule has 27 heavy (non-hydrogen) atoms. The Morgan fingerprint density at radius 3 is 2.44 bits per heavy atom. The summed E-state index contributed by atoms with van der Waals surface area (Å²) >= 11 is 5.62. The van der Waals surface area contributed by atoms with Gasteiger partial charge in [0.25, 0.3) is 0 Å². The number of benzene rings is 2. The van der Waals surface area contributed by atoms with Crippen LogP contribution in [0.3, 0.4) is 0 Å². The van der Waals surface area contributed by atoms with Gasteiger partial charge in [-0.1, -0.05) is 30.3 Å². The minimum absolute atomic E-state index is 0. The summed E-state index contributed by atoms with van der Waals surface area (Å²) in [6.07, 6.45) is 0.680. The largest absolute Gasteiger partial charge is 1.00 e. The predicted molar refractivity (Wildman–Crippen MR) is 104 cm³/mol. The fraction of sp³-hybridized carbons (Fsp3) is 0.381. The number of hydrogen-bond donors (Lipinski definition) is 2. The summed E-state index contributed by atoms with van der Waals surface area (Å²) in [5.74, 6) is 1.41. The third kappa shape index (κ3) is 7.89. The van der Waals surface area contributed by atoms with E-state index in [-0.39, 0.29) is 24.2 Å². The molecule has 6 heteroatoms. The molecule has 0 aromatic heterocycles. The highest BCUT2D eigenvalue weighted by molar-refractivity contribution is 6.17. The van der Waals surface area contributed by atoms with Crippen LogP contribution in [0.4, 0.5) is 0 Å². The Labute approximate surface area is 172 Å². The van der Waals surface area contributed by atoms with Gasteiger partial charge in [-0.05, 0) is 43.2 Å². The lowest BCUT2D eigenvalue weighted by atomic mass is 10.0. The molecular formula is C21H27Cl2NO3. The minimum Gasteiger partial charge on any atom is -1.00 e. The molecule has 0 aliphatic rings. The van der Waals surface area contributed by atoms with Crippen LogP contribution in [-0.4, -0.2) is 36.0 Å². The summed E-state index contributed by atoms with van der Waals surface area (Å²) in [4.78, 5) is 12.3. The Balaban J connectivity index is 0.00000364. The van der Waals surface area contributed by atoms with Crippen LogP contribution in [0.2, 0.25) is 0 Å². The smallest absolute Gasteiger partial charge is 0.168 e. The first-order valence-electron chi connectivity index (χ1n) is 9.00. The number of nitrogens with two attached hydrogens (primary N) is 1. The Hall–Kier alpha value is -1.59. The zero-order valence-electron chi connectivity index (χ0n) is 15.5. The third-order valence-electron chi connectivity index (χ3n) is 4.27. The summed E-state index contributed by atoms with van der Waals surface area (Å²) in [6, 6.07) is 16.8. The number of quaternary nitrogens is 1. The predicted octanol–water partition coefficient (Wildman–Crippen LogP) is -0.0434. The van der Waals surface area contributed by atoms with Gasteiger partial charge in [0.1, 0.15) is 17.9 Å². The normalized spacial score (nSPS) is 12.7. The van der Waals surface area contributed by atoms with Crippen molar-refractivity contribution < 1.29 is 32.4 Å². The number of Topliss-reactive ketones (excluding diaryl/α,β-unsaturated/α-hetero) is 1. The molecule has 0 amide bonds. The van der Waals surface area contributed by atoms with Gasteiger partial charge in [-0.15, -0.1) is 11.6 Å². The lowest BCUT2D eigenvalue weighted by molar-refractivity contribution is -0.693. The van der Waals surface area contributed by atoms with Crippen LogP contribution in [0.1, 0.15) is 41.8 Å². The van der Waals surface area contributed by atoms with Crippen molar-refractivity contribution in [3.63, 3.8) is 0 Å². The SMILES string of the molecule is CC([NH2+]CCC(=O)c1ccc(OCCCCl)cc1)C(O)c1ccccc1.[Cl-]. The number of aliphatic hydroxyl groups is 1. The fourth-order valence-corrected chi connectivity index (χ4v) is 2.80. The zero-order valence-corrected chi connectivity index (χ0v) is 17.0. The highest BCUT2D eigenvalue weighted by atomic mass is 35.5. The number of rotatable bonds is 11. The van der Waals surface area contributed by atoms with Crippen LogP contribution in [-0.2, 0) is 0 Å². The molecule has 0 heterocycles. The molecule has 2 unspecified atom stereocenters. The van der Waals surface area contributed by atoms with E-state index < -0.39 is 6.10 Å². The number of carbonyl (C=O) groups is 1. The number of ketones is 1. The number of aliphatic hydroxyl groups excluding tert-OH is 1. The molecule has 0 saturated carbocycles. The van der Waals surface area contributed by atoms with Gasteiger partial charge in [-0.25, -0.2) is 0 Å². The van der Waals surface area contributed by atoms with Crippen molar-refractivity contribution in [2.75, 3.05) is 19.0 Å². The quantitative estimate of drug-likeness (QED) is 0.309. The first-order chi connectivity index (χ1) is 12.6. The Bertz CT molecular complexity index is 665. The second kappa shape index (κ2) is 12.7. The summed E-state index contributed by atoms with van der Waals surface area (Å²) in [5.41, 5.74) is 1.58. The van der Waals surface area contributed by atoms with Gasteiger partial charge in [-0.3, -0.25) is 4.79 Å². The van der Waals surface area contributed by atoms with Crippen molar-refractivity contribution in [2.45, 2.75) is 31.9 Å². The van der Waals surface area contributed by atoms with Gasteiger partial charge >= 0.3 is 0 Å². The summed E-state index contributed by atoms with van der Waals surface area (Å²) in [7, 11) is 0. The first kappa shape index (κ1) is 23.4. The molecule has 0 aliphatic carbocycles. The molecule has 4 nitrogen and oxygen atoms in total. The van der Waals surface area contributed by atoms with E-state index in [0.717, 1.165) is 17.7 Å². The average Bonchev–Trinajstić information content (AvgIpc) is 2.68. The van der Waals surface area contributed by atoms with Crippen LogP contribution >= 0.6 is 11.6 Å². The van der Waals surface area contributed by atoms with Crippen LogP contribution in [0, 0.1) is 0 Å². The van der Waals surface area contributed by atoms with Crippen LogP contribution in [0.15, 0.2) is 54.6 Å². The fourth-order valence-electron chi connectivity index (χ4n) is 2.69. The number of hydrogen-bond acceptors (Lipinski definition) is 3. The topological polar surface area (TPSA) is 63.1 Å². The van der Waals surface area contributed by atoms with Gasteiger partial charge in [0.05, 0.1) is 19.6 Å². The van der Waals surface area contributed by atoms with E-state index in [1.54, 1.807) is 12.1 Å². The molecule has 0 aliphatic heterocycles. The monoisotopic (exact) mass is 411 g/mol. The van der Waals surface area contributed by atoms with Crippen LogP contribution in [0.5, 0.6) is 5.75 Å². The van der Waals surface area contributed by atoms with Crippen molar-refractivity contribution >= 4 is 17.4 Å². The maximum absolute atomic E-state index is 12.3. The Kier molecular flexibility index (Phi) is 11.1. The lowest BCUT2D eigenvalue weighted by Crippen LogP contribution is -3.00. The molecule has 0 bridgehead atoms. The number of carbonyl (C=O) groups excluding carboxylic acids is 1. The molecule has 2 rings (SSSR count). The molecule has 0 spiro atoms. The molecule has 0 radical (unpaired) electrons. The molecule has 2 aromatic carbocycles. The number of alkyl halides is 1. The van der Waals surface area contributed by atoms with Crippen molar-refractivity contribution in [1.29, 1.82) is 0 Å². The Morgan fingerprint density at radius 1 is 1.15 bits per heavy atom. The second-order valence-corrected chi connectivity index (χ2v) is 6.71. The van der Waals surface area contributed by atoms with E-state index in [2.05, 4.69) is 0 Å². The van der Waals surface area contributed by atoms with Crippen LogP contribution in [0.25, 0.3) is 0 Å². The van der Waals surface area contributed by atoms with E-state index in [9.17, 15) is 9.90 Å². The van der Waals surface area contributed by atoms with E-state index in [4.69, 9.17) is 16.3 Å². The van der Waals surface area contributed by atoms with Crippen molar-refractivity contribution in [3.05, 3.63) is 65.7 Å². The number of ether oxygens (including phenoxy) is 1. The molecule has 2 aromatic rings. The van der Waals surface area contributed by atoms with Crippen molar-refractivity contribution in [2.24, 2.45) is 0 Å². The Morgan fingerprint density at radius 2 is 1.81 bits per heavy atom. The molecular weight excluding hydrogens is 385 g/mol. The molecule has 3 N–H and O–H groups in total. The molecule has 0 saturated heterocycles. The van der Waals surface area contributed by atoms with E-state index >= 15 is 0 Å². The van der Waals surface area contributed by atoms with Gasteiger partial charge in [0, 0.05) is 11.4 Å². The highest BCUT2D eigenvalue weighted by Gasteiger charge is 2.19. The van der Waals surface area contributed by atoms with Gasteiger partial charge in [0.15, 0.2) is 5.78 Å². The molecule has 2 atom stereocenters. The molecule has 148 valence electrons. The average molecular weight is 412 g/mol. The van der Waals surface area contributed by atoms with E-state index in [0.29, 0.717) is 31.0 Å². The summed E-state index contributed by atoms with van der Waals surface area (Å²) < 4.78 is 5.53. The minimum atomic E-state index is -0.546. The summed E-state index contributed by atoms with van der Waals surface area (Å²) in [6.45, 7) is 3.18. The third-order valence-corrected chi connectivity index (χ3v) is 4.54. The zero-order chi connectivity index (χ0) is 18.8. The van der Waals surface area contributed by atoms with Crippen molar-refractivity contribution in [3.8, 4) is 5.75 Å². The lowest BCUT2D eigenvalue weighted by Gasteiger charge is -2.17. The van der Waals surface area contributed by atoms with Crippen LogP contribution < -0.4 is 22.5 Å². The van der Waals surface area contributed by atoms with Gasteiger partial charge in [-0.2, -0.15) is 0 Å². The summed E-state index contributed by atoms with van der Waals surface area (Å²) in [5, 5.41) is 12.4. The maximum atomic E-state index is 12.3.